The number of nitrogens with one attached hydrogen (secondary N) is 1. The number of hydrogen-bond donors (Lipinski definition) is 2. The van der Waals surface area contributed by atoms with Crippen LogP contribution in [0, 0.1) is 18.3 Å². The molecule has 1 aliphatic rings. The number of rotatable bonds is 3. The summed E-state index contributed by atoms with van der Waals surface area (Å²) < 4.78 is 0. The Morgan fingerprint density at radius 1 is 1.53 bits per heavy atom. The maximum Gasteiger partial charge on any atom is 0.0937 e. The van der Waals surface area contributed by atoms with Crippen LogP contribution in [0.1, 0.15) is 24.1 Å². The van der Waals surface area contributed by atoms with Crippen molar-refractivity contribution in [2.75, 3.05) is 13.1 Å². The third-order valence-electron chi connectivity index (χ3n) is 3.52. The zero-order valence-electron chi connectivity index (χ0n) is 10.3. The van der Waals surface area contributed by atoms with Gasteiger partial charge in [0.1, 0.15) is 0 Å². The summed E-state index contributed by atoms with van der Waals surface area (Å²) in [4.78, 5) is 6.82. The Hall–Kier alpha value is -1.42. The van der Waals surface area contributed by atoms with Crippen molar-refractivity contribution in [3.63, 3.8) is 0 Å². The molecule has 0 bridgehead atoms. The number of piperidine rings is 1. The van der Waals surface area contributed by atoms with Crippen LogP contribution in [0.5, 0.6) is 0 Å². The molecule has 2 heterocycles. The number of likely N-dealkylation sites (tertiary alicyclic amines) is 1. The molecule has 92 valence electrons. The number of nitrogens with zero attached hydrogens (tertiary/aromatic N) is 2. The van der Waals surface area contributed by atoms with Crippen molar-refractivity contribution in [1.29, 1.82) is 5.41 Å². The Morgan fingerprint density at radius 3 is 2.82 bits per heavy atom. The molecule has 3 N–H and O–H groups in total. The number of pyridine rings is 1. The average molecular weight is 232 g/mol. The van der Waals surface area contributed by atoms with Gasteiger partial charge in [-0.05, 0) is 44.5 Å². The first-order valence-electron chi connectivity index (χ1n) is 6.13. The second-order valence-electron chi connectivity index (χ2n) is 4.77. The molecule has 4 heteroatoms. The number of amidine groups is 1. The molecule has 0 radical (unpaired) electrons. The Morgan fingerprint density at radius 2 is 2.24 bits per heavy atom. The van der Waals surface area contributed by atoms with Crippen molar-refractivity contribution in [3.8, 4) is 0 Å². The van der Waals surface area contributed by atoms with Gasteiger partial charge in [0.05, 0.1) is 11.5 Å². The van der Waals surface area contributed by atoms with Crippen molar-refractivity contribution < 1.29 is 0 Å². The normalized spacial score (nSPS) is 18.2. The van der Waals surface area contributed by atoms with E-state index in [1.165, 1.54) is 5.56 Å². The minimum absolute atomic E-state index is 0.288. The molecule has 0 amide bonds. The summed E-state index contributed by atoms with van der Waals surface area (Å²) in [6.45, 7) is 5.04. The van der Waals surface area contributed by atoms with Crippen LogP contribution in [0.15, 0.2) is 18.3 Å². The van der Waals surface area contributed by atoms with E-state index >= 15 is 0 Å². The molecule has 2 rings (SSSR count). The SMILES string of the molecule is Cc1cccnc1CN1CCC(C(=N)N)CC1. The lowest BCUT2D eigenvalue weighted by Gasteiger charge is -2.31. The summed E-state index contributed by atoms with van der Waals surface area (Å²) in [6.07, 6.45) is 3.85. The van der Waals surface area contributed by atoms with Gasteiger partial charge in [-0.25, -0.2) is 0 Å². The number of aryl methyl sites for hydroxylation is 1. The molecule has 1 fully saturated rings. The second kappa shape index (κ2) is 5.27. The zero-order valence-corrected chi connectivity index (χ0v) is 10.3. The first-order chi connectivity index (χ1) is 8.16. The molecule has 17 heavy (non-hydrogen) atoms. The highest BCUT2D eigenvalue weighted by atomic mass is 15.1. The highest BCUT2D eigenvalue weighted by Gasteiger charge is 2.21. The lowest BCUT2D eigenvalue weighted by Crippen LogP contribution is -2.38. The highest BCUT2D eigenvalue weighted by molar-refractivity contribution is 5.79. The standard InChI is InChI=1S/C13H20N4/c1-10-3-2-6-16-12(10)9-17-7-4-11(5-8-17)13(14)15/h2-3,6,11H,4-5,7-9H2,1H3,(H3,14,15). The van der Waals surface area contributed by atoms with Crippen molar-refractivity contribution in [2.24, 2.45) is 11.7 Å². The van der Waals surface area contributed by atoms with E-state index in [-0.39, 0.29) is 5.92 Å². The minimum Gasteiger partial charge on any atom is -0.387 e. The number of aromatic nitrogens is 1. The molecule has 4 nitrogen and oxygen atoms in total. The van der Waals surface area contributed by atoms with E-state index in [9.17, 15) is 0 Å². The summed E-state index contributed by atoms with van der Waals surface area (Å²) >= 11 is 0. The van der Waals surface area contributed by atoms with Crippen molar-refractivity contribution in [3.05, 3.63) is 29.6 Å². The van der Waals surface area contributed by atoms with Crippen LogP contribution in [-0.4, -0.2) is 28.8 Å². The first kappa shape index (κ1) is 12.0. The second-order valence-corrected chi connectivity index (χ2v) is 4.77. The molecule has 0 aliphatic carbocycles. The fourth-order valence-corrected chi connectivity index (χ4v) is 2.30. The monoisotopic (exact) mass is 232 g/mol. The fraction of sp³-hybridized carbons (Fsp3) is 0.538. The van der Waals surface area contributed by atoms with Crippen molar-refractivity contribution in [1.82, 2.24) is 9.88 Å². The topological polar surface area (TPSA) is 66.0 Å². The largest absolute Gasteiger partial charge is 0.387 e. The Bertz CT molecular complexity index is 394. The predicted molar refractivity (Wildman–Crippen MR) is 68.9 cm³/mol. The van der Waals surface area contributed by atoms with E-state index < -0.39 is 0 Å². The Labute approximate surface area is 102 Å². The molecule has 1 aromatic heterocycles. The molecular formula is C13H20N4. The molecule has 1 saturated heterocycles. The van der Waals surface area contributed by atoms with Gasteiger partial charge in [0, 0.05) is 18.7 Å². The quantitative estimate of drug-likeness (QED) is 0.613. The van der Waals surface area contributed by atoms with Crippen molar-refractivity contribution >= 4 is 5.84 Å². The van der Waals surface area contributed by atoms with Gasteiger partial charge in [0.15, 0.2) is 0 Å². The van der Waals surface area contributed by atoms with E-state index in [1.54, 1.807) is 0 Å². The van der Waals surface area contributed by atoms with Gasteiger partial charge in [-0.15, -0.1) is 0 Å². The van der Waals surface area contributed by atoms with Gasteiger partial charge in [0.2, 0.25) is 0 Å². The molecule has 0 saturated carbocycles. The number of nitrogens with two attached hydrogens (primary N) is 1. The van der Waals surface area contributed by atoms with Crippen LogP contribution in [0.3, 0.4) is 0 Å². The van der Waals surface area contributed by atoms with Crippen LogP contribution in [0.4, 0.5) is 0 Å². The van der Waals surface area contributed by atoms with Crippen LogP contribution < -0.4 is 5.73 Å². The van der Waals surface area contributed by atoms with Gasteiger partial charge in [-0.1, -0.05) is 6.07 Å². The van der Waals surface area contributed by atoms with E-state index in [0.29, 0.717) is 5.84 Å². The summed E-state index contributed by atoms with van der Waals surface area (Å²) in [5.74, 6) is 0.634. The number of hydrogen-bond acceptors (Lipinski definition) is 3. The molecule has 0 unspecified atom stereocenters. The van der Waals surface area contributed by atoms with Gasteiger partial charge in [-0.2, -0.15) is 0 Å². The third kappa shape index (κ3) is 3.03. The van der Waals surface area contributed by atoms with Gasteiger partial charge in [0.25, 0.3) is 0 Å². The minimum atomic E-state index is 0.288. The molecule has 0 spiro atoms. The lowest BCUT2D eigenvalue weighted by atomic mass is 9.95. The molecule has 1 aliphatic heterocycles. The zero-order chi connectivity index (χ0) is 12.3. The van der Waals surface area contributed by atoms with E-state index in [2.05, 4.69) is 22.9 Å². The van der Waals surface area contributed by atoms with Crippen LogP contribution in [0.25, 0.3) is 0 Å². The van der Waals surface area contributed by atoms with Gasteiger partial charge < -0.3 is 5.73 Å². The Balaban J connectivity index is 1.90. The van der Waals surface area contributed by atoms with Crippen LogP contribution in [0.2, 0.25) is 0 Å². The summed E-state index contributed by atoms with van der Waals surface area (Å²) in [5.41, 5.74) is 7.95. The molecule has 1 aromatic rings. The van der Waals surface area contributed by atoms with Gasteiger partial charge in [-0.3, -0.25) is 15.3 Å². The van der Waals surface area contributed by atoms with E-state index in [4.69, 9.17) is 11.1 Å². The van der Waals surface area contributed by atoms with Crippen molar-refractivity contribution in [2.45, 2.75) is 26.3 Å². The predicted octanol–water partition coefficient (Wildman–Crippen LogP) is 1.54. The molecular weight excluding hydrogens is 212 g/mol. The molecule has 0 atom stereocenters. The van der Waals surface area contributed by atoms with Gasteiger partial charge >= 0.3 is 0 Å². The summed E-state index contributed by atoms with van der Waals surface area (Å²) in [5, 5.41) is 7.46. The van der Waals surface area contributed by atoms with E-state index in [1.807, 2.05) is 12.3 Å². The lowest BCUT2D eigenvalue weighted by molar-refractivity contribution is 0.198. The molecule has 0 aromatic carbocycles. The summed E-state index contributed by atoms with van der Waals surface area (Å²) in [6, 6.07) is 4.07. The highest BCUT2D eigenvalue weighted by Crippen LogP contribution is 2.18. The van der Waals surface area contributed by atoms with E-state index in [0.717, 1.165) is 38.2 Å². The smallest absolute Gasteiger partial charge is 0.0937 e. The average Bonchev–Trinajstić information content (AvgIpc) is 2.33. The first-order valence-corrected chi connectivity index (χ1v) is 6.13. The maximum atomic E-state index is 7.46. The van der Waals surface area contributed by atoms with Crippen LogP contribution in [-0.2, 0) is 6.54 Å². The van der Waals surface area contributed by atoms with Crippen LogP contribution >= 0.6 is 0 Å². The Kier molecular flexibility index (Phi) is 3.74. The fourth-order valence-electron chi connectivity index (χ4n) is 2.30. The summed E-state index contributed by atoms with van der Waals surface area (Å²) in [7, 11) is 0. The maximum absolute atomic E-state index is 7.46. The third-order valence-corrected chi connectivity index (χ3v) is 3.52.